The number of thiophene rings is 1. The SMILES string of the molecule is N#CC1=C(S)NC(=O)[C@H]([n+]2ccccc2)[C@@H]1c1cccs1. The van der Waals surface area contributed by atoms with E-state index in [2.05, 4.69) is 24.0 Å². The lowest BCUT2D eigenvalue weighted by molar-refractivity contribution is -0.711. The number of nitriles is 1. The van der Waals surface area contributed by atoms with Crippen molar-refractivity contribution < 1.29 is 9.36 Å². The van der Waals surface area contributed by atoms with Crippen LogP contribution in [0.5, 0.6) is 0 Å². The van der Waals surface area contributed by atoms with E-state index in [4.69, 9.17) is 0 Å². The van der Waals surface area contributed by atoms with Crippen LogP contribution < -0.4 is 9.88 Å². The second-order valence-corrected chi connectivity index (χ2v) is 6.05. The Hall–Kier alpha value is -2.10. The Labute approximate surface area is 131 Å². The number of hydrogen-bond acceptors (Lipinski definition) is 4. The van der Waals surface area contributed by atoms with E-state index in [9.17, 15) is 10.1 Å². The number of carbonyl (C=O) groups is 1. The molecule has 6 heteroatoms. The van der Waals surface area contributed by atoms with Gasteiger partial charge in [0.2, 0.25) is 6.04 Å². The molecule has 104 valence electrons. The standard InChI is InChI=1S/C15H11N3OS2/c16-9-10-12(11-5-4-8-21-11)13(14(19)17-15(10)20)18-6-2-1-3-7-18/h1-8,12-13H,(H-,17,19,20)/p+1/t12-,13+/m0/s1. The lowest BCUT2D eigenvalue weighted by Gasteiger charge is -2.26. The molecule has 4 nitrogen and oxygen atoms in total. The molecule has 1 aliphatic heterocycles. The predicted molar refractivity (Wildman–Crippen MR) is 82.5 cm³/mol. The zero-order valence-corrected chi connectivity index (χ0v) is 12.6. The van der Waals surface area contributed by atoms with Crippen LogP contribution in [0.4, 0.5) is 0 Å². The minimum atomic E-state index is -0.490. The summed E-state index contributed by atoms with van der Waals surface area (Å²) >= 11 is 5.80. The number of allylic oxidation sites excluding steroid dienone is 1. The molecule has 0 spiro atoms. The van der Waals surface area contributed by atoms with Gasteiger partial charge in [0, 0.05) is 17.0 Å². The number of carbonyl (C=O) groups excluding carboxylic acids is 1. The summed E-state index contributed by atoms with van der Waals surface area (Å²) in [5.74, 6) is -0.475. The summed E-state index contributed by atoms with van der Waals surface area (Å²) in [4.78, 5) is 13.4. The highest BCUT2D eigenvalue weighted by atomic mass is 32.1. The Morgan fingerprint density at radius 2 is 2.05 bits per heavy atom. The Bertz CT molecular complexity index is 732. The molecular formula is C15H12N3OS2+. The fourth-order valence-electron chi connectivity index (χ4n) is 2.51. The van der Waals surface area contributed by atoms with Crippen LogP contribution in [-0.2, 0) is 4.79 Å². The third kappa shape index (κ3) is 2.46. The van der Waals surface area contributed by atoms with Gasteiger partial charge in [0.15, 0.2) is 12.4 Å². The number of nitrogens with one attached hydrogen (secondary N) is 1. The van der Waals surface area contributed by atoms with Crippen LogP contribution in [0.3, 0.4) is 0 Å². The molecule has 3 heterocycles. The third-order valence-corrected chi connectivity index (χ3v) is 4.73. The first kappa shape index (κ1) is 13.9. The van der Waals surface area contributed by atoms with Gasteiger partial charge in [0.1, 0.15) is 5.92 Å². The van der Waals surface area contributed by atoms with E-state index in [-0.39, 0.29) is 11.8 Å². The molecule has 0 saturated heterocycles. The second kappa shape index (κ2) is 5.72. The minimum Gasteiger partial charge on any atom is -0.314 e. The van der Waals surface area contributed by atoms with Crippen molar-refractivity contribution in [3.05, 3.63) is 63.6 Å². The first-order chi connectivity index (χ1) is 10.2. The van der Waals surface area contributed by atoms with Crippen LogP contribution in [0.25, 0.3) is 0 Å². The molecule has 0 aromatic carbocycles. The van der Waals surface area contributed by atoms with Crippen LogP contribution in [0.2, 0.25) is 0 Å². The van der Waals surface area contributed by atoms with Gasteiger partial charge in [-0.2, -0.15) is 9.83 Å². The molecule has 2 aromatic heterocycles. The van der Waals surface area contributed by atoms with Gasteiger partial charge in [-0.25, -0.2) is 0 Å². The second-order valence-electron chi connectivity index (χ2n) is 4.62. The Kier molecular flexibility index (Phi) is 3.78. The summed E-state index contributed by atoms with van der Waals surface area (Å²) in [6.07, 6.45) is 3.67. The van der Waals surface area contributed by atoms with Gasteiger partial charge in [-0.15, -0.1) is 24.0 Å². The molecule has 0 fully saturated rings. The lowest BCUT2D eigenvalue weighted by atomic mass is 9.87. The molecule has 21 heavy (non-hydrogen) atoms. The molecule has 2 atom stereocenters. The van der Waals surface area contributed by atoms with Crippen LogP contribution >= 0.6 is 24.0 Å². The van der Waals surface area contributed by atoms with Crippen molar-refractivity contribution in [3.63, 3.8) is 0 Å². The number of thiol groups is 1. The van der Waals surface area contributed by atoms with E-state index in [0.717, 1.165) is 4.88 Å². The molecule has 2 aromatic rings. The highest BCUT2D eigenvalue weighted by Gasteiger charge is 2.44. The molecule has 0 aliphatic carbocycles. The van der Waals surface area contributed by atoms with Gasteiger partial charge in [-0.05, 0) is 11.4 Å². The number of pyridine rings is 1. The summed E-state index contributed by atoms with van der Waals surface area (Å²) in [5, 5.41) is 14.4. The first-order valence-corrected chi connectivity index (χ1v) is 7.68. The zero-order valence-electron chi connectivity index (χ0n) is 10.9. The maximum Gasteiger partial charge on any atom is 0.294 e. The van der Waals surface area contributed by atoms with Crippen molar-refractivity contribution >= 4 is 29.9 Å². The van der Waals surface area contributed by atoms with Crippen LogP contribution in [0.1, 0.15) is 16.8 Å². The highest BCUT2D eigenvalue weighted by molar-refractivity contribution is 7.84. The normalized spacial score (nSPS) is 21.8. The predicted octanol–water partition coefficient (Wildman–Crippen LogP) is 2.16. The average molecular weight is 314 g/mol. The fraction of sp³-hybridized carbons (Fsp3) is 0.133. The van der Waals surface area contributed by atoms with Crippen LogP contribution in [0, 0.1) is 11.3 Å². The van der Waals surface area contributed by atoms with Gasteiger partial charge < -0.3 is 5.32 Å². The van der Waals surface area contributed by atoms with Crippen LogP contribution in [-0.4, -0.2) is 5.91 Å². The van der Waals surface area contributed by atoms with Gasteiger partial charge >= 0.3 is 0 Å². The van der Waals surface area contributed by atoms with Gasteiger partial charge in [0.25, 0.3) is 5.91 Å². The monoisotopic (exact) mass is 314 g/mol. The van der Waals surface area contributed by atoms with Gasteiger partial charge in [-0.1, -0.05) is 12.1 Å². The molecule has 0 unspecified atom stereocenters. The van der Waals surface area contributed by atoms with Crippen molar-refractivity contribution in [2.75, 3.05) is 0 Å². The summed E-state index contributed by atoms with van der Waals surface area (Å²) in [6.45, 7) is 0. The number of hydrogen-bond donors (Lipinski definition) is 2. The van der Waals surface area contributed by atoms with E-state index in [1.807, 2.05) is 52.7 Å². The zero-order chi connectivity index (χ0) is 14.8. The minimum absolute atomic E-state index is 0.159. The van der Waals surface area contributed by atoms with Crippen molar-refractivity contribution in [1.82, 2.24) is 5.32 Å². The number of rotatable bonds is 2. The fourth-order valence-corrected chi connectivity index (χ4v) is 3.67. The molecule has 0 bridgehead atoms. The Morgan fingerprint density at radius 1 is 1.29 bits per heavy atom. The number of amides is 1. The maximum absolute atomic E-state index is 12.5. The lowest BCUT2D eigenvalue weighted by Crippen LogP contribution is -2.53. The molecule has 1 N–H and O–H groups in total. The van der Waals surface area contributed by atoms with E-state index in [1.165, 1.54) is 11.3 Å². The summed E-state index contributed by atoms with van der Waals surface area (Å²) < 4.78 is 1.83. The van der Waals surface area contributed by atoms with E-state index in [1.54, 1.807) is 0 Å². The first-order valence-electron chi connectivity index (χ1n) is 6.35. The molecular weight excluding hydrogens is 302 g/mol. The Morgan fingerprint density at radius 3 is 2.67 bits per heavy atom. The largest absolute Gasteiger partial charge is 0.314 e. The Balaban J connectivity index is 2.17. The molecule has 1 amide bonds. The highest BCUT2D eigenvalue weighted by Crippen LogP contribution is 2.39. The van der Waals surface area contributed by atoms with E-state index >= 15 is 0 Å². The topological polar surface area (TPSA) is 56.8 Å². The third-order valence-electron chi connectivity index (χ3n) is 3.42. The number of nitrogens with zero attached hydrogens (tertiary/aromatic N) is 2. The number of aromatic nitrogens is 1. The maximum atomic E-state index is 12.5. The van der Waals surface area contributed by atoms with Crippen molar-refractivity contribution in [2.24, 2.45) is 0 Å². The molecule has 0 saturated carbocycles. The van der Waals surface area contributed by atoms with Crippen molar-refractivity contribution in [1.29, 1.82) is 5.26 Å². The quantitative estimate of drug-likeness (QED) is 0.659. The van der Waals surface area contributed by atoms with E-state index in [0.29, 0.717) is 10.6 Å². The van der Waals surface area contributed by atoms with Gasteiger partial charge in [-0.3, -0.25) is 4.79 Å². The van der Waals surface area contributed by atoms with Crippen LogP contribution in [0.15, 0.2) is 58.7 Å². The average Bonchev–Trinajstić information content (AvgIpc) is 3.01. The molecule has 1 aliphatic rings. The van der Waals surface area contributed by atoms with Gasteiger partial charge in [0.05, 0.1) is 16.7 Å². The molecule has 0 radical (unpaired) electrons. The smallest absolute Gasteiger partial charge is 0.294 e. The van der Waals surface area contributed by atoms with Crippen molar-refractivity contribution in [3.8, 4) is 6.07 Å². The summed E-state index contributed by atoms with van der Waals surface area (Å²) in [6, 6.07) is 11.2. The van der Waals surface area contributed by atoms with E-state index < -0.39 is 6.04 Å². The summed E-state index contributed by atoms with van der Waals surface area (Å²) in [5.41, 5.74) is 0.488. The molecule has 3 rings (SSSR count). The summed E-state index contributed by atoms with van der Waals surface area (Å²) in [7, 11) is 0. The van der Waals surface area contributed by atoms with Crippen molar-refractivity contribution in [2.45, 2.75) is 12.0 Å².